The van der Waals surface area contributed by atoms with Crippen LogP contribution in [0.5, 0.6) is 0 Å². The Morgan fingerprint density at radius 2 is 1.93 bits per heavy atom. The fraction of sp³-hybridized carbons (Fsp3) is 0.364. The molecule has 1 fully saturated rings. The van der Waals surface area contributed by atoms with Gasteiger partial charge in [-0.3, -0.25) is 0 Å². The second kappa shape index (κ2) is 4.64. The number of carbonyl (C=O) groups excluding carboxylic acids is 1. The molecule has 1 aromatic carbocycles. The zero-order valence-corrected chi connectivity index (χ0v) is 9.29. The lowest BCUT2D eigenvalue weighted by Crippen LogP contribution is -2.03. The van der Waals surface area contributed by atoms with Gasteiger partial charge in [-0.1, -0.05) is 12.1 Å². The number of benzene rings is 1. The third-order valence-electron chi connectivity index (χ3n) is 2.60. The Labute approximate surface area is 95.0 Å². The van der Waals surface area contributed by atoms with Gasteiger partial charge in [0.25, 0.3) is 0 Å². The Kier molecular flexibility index (Phi) is 3.72. The molecule has 1 saturated carbocycles. The maximum absolute atomic E-state index is 11.1. The predicted octanol–water partition coefficient (Wildman–Crippen LogP) is 1.71. The molecule has 2 atom stereocenters. The summed E-state index contributed by atoms with van der Waals surface area (Å²) in [6.45, 7) is 0. The first-order chi connectivity index (χ1) is 6.72. The molecule has 0 bridgehead atoms. The highest BCUT2D eigenvalue weighted by Gasteiger charge is 2.34. The average molecular weight is 228 g/mol. The van der Waals surface area contributed by atoms with Gasteiger partial charge in [0.05, 0.1) is 12.7 Å². The standard InChI is InChI=1S/C11H13NO2.ClH/c1-14-11(13)8-4-2-7(3-5-8)9-6-10(9)12;/h2-5,9-10H,6,12H2,1H3;1H. The van der Waals surface area contributed by atoms with E-state index < -0.39 is 0 Å². The first-order valence-electron chi connectivity index (χ1n) is 4.66. The number of rotatable bonds is 2. The summed E-state index contributed by atoms with van der Waals surface area (Å²) in [6, 6.07) is 7.77. The van der Waals surface area contributed by atoms with Crippen molar-refractivity contribution in [1.82, 2.24) is 0 Å². The number of nitrogens with two attached hydrogens (primary N) is 1. The van der Waals surface area contributed by atoms with E-state index in [0.717, 1.165) is 6.42 Å². The summed E-state index contributed by atoms with van der Waals surface area (Å²) >= 11 is 0. The zero-order valence-electron chi connectivity index (χ0n) is 8.47. The van der Waals surface area contributed by atoms with E-state index in [2.05, 4.69) is 4.74 Å². The van der Waals surface area contributed by atoms with Crippen molar-refractivity contribution in [2.24, 2.45) is 5.73 Å². The summed E-state index contributed by atoms with van der Waals surface area (Å²) in [5.74, 6) is 0.193. The van der Waals surface area contributed by atoms with Gasteiger partial charge in [0.2, 0.25) is 0 Å². The summed E-state index contributed by atoms with van der Waals surface area (Å²) in [7, 11) is 1.38. The van der Waals surface area contributed by atoms with Crippen molar-refractivity contribution < 1.29 is 9.53 Å². The molecule has 2 rings (SSSR count). The maximum Gasteiger partial charge on any atom is 0.337 e. The number of ether oxygens (including phenoxy) is 1. The van der Waals surface area contributed by atoms with Crippen LogP contribution in [0.2, 0.25) is 0 Å². The van der Waals surface area contributed by atoms with Crippen molar-refractivity contribution in [3.8, 4) is 0 Å². The normalized spacial score (nSPS) is 22.8. The molecule has 0 spiro atoms. The van der Waals surface area contributed by atoms with Crippen LogP contribution in [0.4, 0.5) is 0 Å². The molecule has 0 heterocycles. The molecule has 2 N–H and O–H groups in total. The number of esters is 1. The van der Waals surface area contributed by atoms with E-state index in [1.165, 1.54) is 12.7 Å². The largest absolute Gasteiger partial charge is 0.465 e. The Hall–Kier alpha value is -1.06. The van der Waals surface area contributed by atoms with Gasteiger partial charge in [-0.05, 0) is 24.1 Å². The van der Waals surface area contributed by atoms with E-state index in [4.69, 9.17) is 5.73 Å². The zero-order chi connectivity index (χ0) is 10.1. The smallest absolute Gasteiger partial charge is 0.337 e. The molecular weight excluding hydrogens is 214 g/mol. The summed E-state index contributed by atoms with van der Waals surface area (Å²) in [5, 5.41) is 0. The van der Waals surface area contributed by atoms with E-state index in [-0.39, 0.29) is 18.4 Å². The van der Waals surface area contributed by atoms with E-state index in [1.807, 2.05) is 12.1 Å². The van der Waals surface area contributed by atoms with Crippen LogP contribution in [-0.4, -0.2) is 19.1 Å². The highest BCUT2D eigenvalue weighted by Crippen LogP contribution is 2.38. The van der Waals surface area contributed by atoms with Gasteiger partial charge in [0, 0.05) is 12.0 Å². The highest BCUT2D eigenvalue weighted by molar-refractivity contribution is 5.89. The van der Waals surface area contributed by atoms with Gasteiger partial charge in [-0.2, -0.15) is 0 Å². The van der Waals surface area contributed by atoms with Crippen molar-refractivity contribution >= 4 is 18.4 Å². The lowest BCUT2D eigenvalue weighted by Gasteiger charge is -2.01. The summed E-state index contributed by atoms with van der Waals surface area (Å²) < 4.78 is 4.61. The number of methoxy groups -OCH3 is 1. The van der Waals surface area contributed by atoms with Gasteiger partial charge in [-0.25, -0.2) is 4.79 Å². The van der Waals surface area contributed by atoms with Crippen LogP contribution in [0.25, 0.3) is 0 Å². The number of halogens is 1. The summed E-state index contributed by atoms with van der Waals surface area (Å²) in [6.07, 6.45) is 1.05. The second-order valence-electron chi connectivity index (χ2n) is 3.62. The van der Waals surface area contributed by atoms with Crippen LogP contribution in [0.1, 0.15) is 28.3 Å². The van der Waals surface area contributed by atoms with Gasteiger partial charge < -0.3 is 10.5 Å². The number of hydrogen-bond acceptors (Lipinski definition) is 3. The molecule has 1 aliphatic carbocycles. The molecule has 4 heteroatoms. The Morgan fingerprint density at radius 3 is 2.33 bits per heavy atom. The minimum absolute atomic E-state index is 0. The van der Waals surface area contributed by atoms with Crippen LogP contribution in [0.15, 0.2) is 24.3 Å². The molecule has 0 amide bonds. The monoisotopic (exact) mass is 227 g/mol. The minimum Gasteiger partial charge on any atom is -0.465 e. The van der Waals surface area contributed by atoms with Gasteiger partial charge in [0.15, 0.2) is 0 Å². The number of hydrogen-bond donors (Lipinski definition) is 1. The number of carbonyl (C=O) groups is 1. The minimum atomic E-state index is -0.295. The van der Waals surface area contributed by atoms with Gasteiger partial charge >= 0.3 is 5.97 Å². The van der Waals surface area contributed by atoms with Crippen LogP contribution in [0, 0.1) is 0 Å². The fourth-order valence-electron chi connectivity index (χ4n) is 1.58. The van der Waals surface area contributed by atoms with Crippen molar-refractivity contribution in [2.75, 3.05) is 7.11 Å². The summed E-state index contributed by atoms with van der Waals surface area (Å²) in [4.78, 5) is 11.1. The van der Waals surface area contributed by atoms with Crippen molar-refractivity contribution in [3.63, 3.8) is 0 Å². The quantitative estimate of drug-likeness (QED) is 0.783. The molecule has 1 aromatic rings. The molecule has 0 aliphatic heterocycles. The van der Waals surface area contributed by atoms with Gasteiger partial charge in [0.1, 0.15) is 0 Å². The third kappa shape index (κ3) is 2.49. The first kappa shape index (κ1) is 12.0. The lowest BCUT2D eigenvalue weighted by molar-refractivity contribution is 0.0600. The first-order valence-corrected chi connectivity index (χ1v) is 4.66. The van der Waals surface area contributed by atoms with E-state index in [9.17, 15) is 4.79 Å². The molecule has 0 saturated heterocycles. The molecule has 15 heavy (non-hydrogen) atoms. The van der Waals surface area contributed by atoms with Crippen molar-refractivity contribution in [1.29, 1.82) is 0 Å². The second-order valence-corrected chi connectivity index (χ2v) is 3.62. The SMILES string of the molecule is COC(=O)c1ccc(C2CC2N)cc1.Cl. The fourth-order valence-corrected chi connectivity index (χ4v) is 1.58. The molecule has 3 nitrogen and oxygen atoms in total. The van der Waals surface area contributed by atoms with E-state index >= 15 is 0 Å². The van der Waals surface area contributed by atoms with Crippen LogP contribution in [0.3, 0.4) is 0 Å². The Bertz CT molecular complexity index is 350. The van der Waals surface area contributed by atoms with E-state index in [1.54, 1.807) is 12.1 Å². The Balaban J connectivity index is 0.00000112. The molecule has 82 valence electrons. The molecule has 0 radical (unpaired) electrons. The molecule has 1 aliphatic rings. The van der Waals surface area contributed by atoms with Crippen LogP contribution < -0.4 is 5.73 Å². The third-order valence-corrected chi connectivity index (χ3v) is 2.60. The van der Waals surface area contributed by atoms with E-state index in [0.29, 0.717) is 17.5 Å². The molecule has 0 aromatic heterocycles. The van der Waals surface area contributed by atoms with Crippen molar-refractivity contribution in [3.05, 3.63) is 35.4 Å². The summed E-state index contributed by atoms with van der Waals surface area (Å²) in [5.41, 5.74) is 7.53. The van der Waals surface area contributed by atoms with Crippen LogP contribution >= 0.6 is 12.4 Å². The average Bonchev–Trinajstić information content (AvgIpc) is 2.95. The predicted molar refractivity (Wildman–Crippen MR) is 60.4 cm³/mol. The lowest BCUT2D eigenvalue weighted by atomic mass is 10.1. The highest BCUT2D eigenvalue weighted by atomic mass is 35.5. The molecule has 2 unspecified atom stereocenters. The maximum atomic E-state index is 11.1. The topological polar surface area (TPSA) is 52.3 Å². The molecular formula is C11H14ClNO2. The van der Waals surface area contributed by atoms with Gasteiger partial charge in [-0.15, -0.1) is 12.4 Å². The van der Waals surface area contributed by atoms with Crippen molar-refractivity contribution in [2.45, 2.75) is 18.4 Å². The Morgan fingerprint density at radius 1 is 1.40 bits per heavy atom. The van der Waals surface area contributed by atoms with Crippen LogP contribution in [-0.2, 0) is 4.74 Å².